The van der Waals surface area contributed by atoms with Crippen molar-refractivity contribution < 1.29 is 9.53 Å². The number of halogens is 1. The van der Waals surface area contributed by atoms with Crippen LogP contribution in [0.3, 0.4) is 0 Å². The second-order valence-corrected chi connectivity index (χ2v) is 5.44. The van der Waals surface area contributed by atoms with E-state index in [1.165, 1.54) is 24.6 Å². The summed E-state index contributed by atoms with van der Waals surface area (Å²) in [6.07, 6.45) is 8.20. The van der Waals surface area contributed by atoms with Crippen molar-refractivity contribution in [3.8, 4) is 0 Å². The van der Waals surface area contributed by atoms with E-state index in [0.717, 1.165) is 31.0 Å². The predicted molar refractivity (Wildman–Crippen MR) is 109 cm³/mol. The maximum absolute atomic E-state index is 11.2. The minimum absolute atomic E-state index is 0. The highest BCUT2D eigenvalue weighted by Crippen LogP contribution is 2.02. The summed E-state index contributed by atoms with van der Waals surface area (Å²) in [7, 11) is 5.11. The third-order valence-corrected chi connectivity index (χ3v) is 3.51. The lowest BCUT2D eigenvalue weighted by Gasteiger charge is -2.21. The van der Waals surface area contributed by atoms with Gasteiger partial charge >= 0.3 is 5.97 Å². The Balaban J connectivity index is 0.00000576. The van der Waals surface area contributed by atoms with Gasteiger partial charge in [-0.05, 0) is 19.3 Å². The van der Waals surface area contributed by atoms with Gasteiger partial charge in [-0.2, -0.15) is 0 Å². The van der Waals surface area contributed by atoms with Crippen LogP contribution in [0.4, 0.5) is 0 Å². The van der Waals surface area contributed by atoms with Crippen molar-refractivity contribution in [2.45, 2.75) is 38.8 Å². The van der Waals surface area contributed by atoms with Crippen LogP contribution in [0, 0.1) is 0 Å². The quantitative estimate of drug-likeness (QED) is 0.142. The molecule has 0 saturated heterocycles. The monoisotopic (exact) mass is 464 g/mol. The minimum atomic E-state index is -0.355. The Labute approximate surface area is 166 Å². The second-order valence-electron chi connectivity index (χ2n) is 5.44. The predicted octanol–water partition coefficient (Wildman–Crippen LogP) is 1.82. The molecule has 0 atom stereocenters. The fourth-order valence-electron chi connectivity index (χ4n) is 2.17. The number of rotatable bonds is 10. The molecule has 25 heavy (non-hydrogen) atoms. The molecule has 0 aliphatic heterocycles. The number of esters is 1. The first-order valence-electron chi connectivity index (χ1n) is 8.09. The number of carbonyl (C=O) groups excluding carboxylic acids is 1. The zero-order valence-electron chi connectivity index (χ0n) is 15.3. The number of aliphatic imine (C=N–C) groups is 1. The number of methoxy groups -OCH3 is 1. The van der Waals surface area contributed by atoms with Gasteiger partial charge in [-0.25, -0.2) is 4.68 Å². The van der Waals surface area contributed by atoms with E-state index in [0.29, 0.717) is 6.54 Å². The van der Waals surface area contributed by atoms with Gasteiger partial charge in [0.05, 0.1) is 19.9 Å². The van der Waals surface area contributed by atoms with Gasteiger partial charge in [0.25, 0.3) is 0 Å². The number of unbranched alkanes of at least 4 members (excludes halogenated alkanes) is 3. The maximum atomic E-state index is 11.2. The maximum Gasteiger partial charge on any atom is 0.327 e. The molecule has 1 heterocycles. The van der Waals surface area contributed by atoms with Gasteiger partial charge in [-0.1, -0.05) is 17.7 Å². The molecule has 9 heteroatoms. The molecule has 0 aliphatic carbocycles. The summed E-state index contributed by atoms with van der Waals surface area (Å²) in [4.78, 5) is 17.6. The molecule has 0 unspecified atom stereocenters. The van der Waals surface area contributed by atoms with Crippen LogP contribution >= 0.6 is 24.0 Å². The van der Waals surface area contributed by atoms with E-state index in [-0.39, 0.29) is 36.5 Å². The number of ether oxygens (including phenoxy) is 1. The molecule has 1 aromatic heterocycles. The van der Waals surface area contributed by atoms with Crippen LogP contribution in [-0.2, 0) is 22.6 Å². The highest BCUT2D eigenvalue weighted by Gasteiger charge is 2.08. The van der Waals surface area contributed by atoms with Crippen molar-refractivity contribution in [1.82, 2.24) is 25.2 Å². The summed E-state index contributed by atoms with van der Waals surface area (Å²) in [6, 6.07) is 0. The fraction of sp³-hybridized carbons (Fsp3) is 0.625. The van der Waals surface area contributed by atoms with Gasteiger partial charge in [-0.3, -0.25) is 9.79 Å². The number of nitrogens with one attached hydrogen (secondary N) is 1. The topological polar surface area (TPSA) is 84.6 Å². The van der Waals surface area contributed by atoms with Crippen molar-refractivity contribution >= 4 is 35.9 Å². The van der Waals surface area contributed by atoms with Crippen LogP contribution in [0.15, 0.2) is 23.8 Å². The third-order valence-electron chi connectivity index (χ3n) is 3.51. The van der Waals surface area contributed by atoms with Crippen LogP contribution in [0.5, 0.6) is 0 Å². The van der Waals surface area contributed by atoms with E-state index in [1.54, 1.807) is 13.2 Å². The summed E-state index contributed by atoms with van der Waals surface area (Å²) < 4.78 is 6.05. The third kappa shape index (κ3) is 9.42. The summed E-state index contributed by atoms with van der Waals surface area (Å²) in [5, 5.41) is 11.2. The molecule has 0 aromatic carbocycles. The molecule has 0 fully saturated rings. The largest absolute Gasteiger partial charge is 0.468 e. The number of carbonyl (C=O) groups is 1. The van der Waals surface area contributed by atoms with Crippen molar-refractivity contribution in [2.75, 3.05) is 27.7 Å². The second kappa shape index (κ2) is 13.6. The van der Waals surface area contributed by atoms with Crippen LogP contribution in [0.1, 0.15) is 31.4 Å². The molecule has 0 aliphatic rings. The number of guanidine groups is 1. The normalized spacial score (nSPS) is 10.8. The molecule has 0 amide bonds. The van der Waals surface area contributed by atoms with Crippen molar-refractivity contribution in [1.29, 1.82) is 0 Å². The molecule has 1 N–H and O–H groups in total. The summed E-state index contributed by atoms with van der Waals surface area (Å²) in [5.41, 5.74) is 0.736. The van der Waals surface area contributed by atoms with Crippen LogP contribution in [0.25, 0.3) is 0 Å². The van der Waals surface area contributed by atoms with Crippen LogP contribution in [0.2, 0.25) is 0 Å². The molecular formula is C16H29IN6O2. The first kappa shape index (κ1) is 23.4. The first-order chi connectivity index (χ1) is 11.6. The summed E-state index contributed by atoms with van der Waals surface area (Å²) in [6.45, 7) is 5.22. The summed E-state index contributed by atoms with van der Waals surface area (Å²) in [5.74, 6) is 0.452. The van der Waals surface area contributed by atoms with Gasteiger partial charge in [0, 0.05) is 20.6 Å². The average molecular weight is 464 g/mol. The molecule has 0 bridgehead atoms. The van der Waals surface area contributed by atoms with E-state index >= 15 is 0 Å². The van der Waals surface area contributed by atoms with Crippen LogP contribution < -0.4 is 5.32 Å². The number of allylic oxidation sites excluding steroid dienone is 1. The highest BCUT2D eigenvalue weighted by molar-refractivity contribution is 14.0. The van der Waals surface area contributed by atoms with Gasteiger partial charge in [0.2, 0.25) is 0 Å². The smallest absolute Gasteiger partial charge is 0.327 e. The van der Waals surface area contributed by atoms with Crippen LogP contribution in [-0.4, -0.2) is 59.6 Å². The molecule has 1 rings (SSSR count). The molecule has 142 valence electrons. The van der Waals surface area contributed by atoms with Crippen molar-refractivity contribution in [3.63, 3.8) is 0 Å². The molecule has 0 saturated carbocycles. The standard InChI is InChI=1S/C16H28N6O2.HI/c1-5-6-7-8-9-10-21(3)16(17-2)18-11-14-12-22(20-19-14)13-15(23)24-4;/h5,12H,1,6-11,13H2,2-4H3,(H,17,18);1H. The Morgan fingerprint density at radius 3 is 2.88 bits per heavy atom. The Kier molecular flexibility index (Phi) is 12.7. The Hall–Kier alpha value is -1.65. The zero-order chi connectivity index (χ0) is 17.8. The molecule has 0 radical (unpaired) electrons. The fourth-order valence-corrected chi connectivity index (χ4v) is 2.17. The number of hydrogen-bond acceptors (Lipinski definition) is 5. The van der Waals surface area contributed by atoms with Crippen molar-refractivity contribution in [3.05, 3.63) is 24.5 Å². The lowest BCUT2D eigenvalue weighted by molar-refractivity contribution is -0.141. The number of aromatic nitrogens is 3. The highest BCUT2D eigenvalue weighted by atomic mass is 127. The molecule has 8 nitrogen and oxygen atoms in total. The lowest BCUT2D eigenvalue weighted by Crippen LogP contribution is -2.39. The van der Waals surface area contributed by atoms with Gasteiger partial charge in [0.15, 0.2) is 5.96 Å². The lowest BCUT2D eigenvalue weighted by atomic mass is 10.2. The average Bonchev–Trinajstić information content (AvgIpc) is 3.02. The van der Waals surface area contributed by atoms with Gasteiger partial charge in [-0.15, -0.1) is 35.7 Å². The number of hydrogen-bond donors (Lipinski definition) is 1. The van der Waals surface area contributed by atoms with E-state index in [4.69, 9.17) is 0 Å². The zero-order valence-corrected chi connectivity index (χ0v) is 17.6. The van der Waals surface area contributed by atoms with E-state index in [1.807, 2.05) is 13.1 Å². The van der Waals surface area contributed by atoms with Crippen molar-refractivity contribution in [2.24, 2.45) is 4.99 Å². The molecule has 0 spiro atoms. The molecule has 1 aromatic rings. The SMILES string of the molecule is C=CCCCCCN(C)C(=NC)NCc1cn(CC(=O)OC)nn1.I. The Morgan fingerprint density at radius 1 is 1.48 bits per heavy atom. The summed E-state index contributed by atoms with van der Waals surface area (Å²) >= 11 is 0. The van der Waals surface area contributed by atoms with Gasteiger partial charge in [0.1, 0.15) is 12.2 Å². The Bertz CT molecular complexity index is 546. The van der Waals surface area contributed by atoms with E-state index < -0.39 is 0 Å². The molecular weight excluding hydrogens is 435 g/mol. The minimum Gasteiger partial charge on any atom is -0.468 e. The van der Waals surface area contributed by atoms with E-state index in [9.17, 15) is 4.79 Å². The number of nitrogens with zero attached hydrogens (tertiary/aromatic N) is 5. The van der Waals surface area contributed by atoms with E-state index in [2.05, 4.69) is 36.8 Å². The Morgan fingerprint density at radius 2 is 2.24 bits per heavy atom. The first-order valence-corrected chi connectivity index (χ1v) is 8.09. The van der Waals surface area contributed by atoms with Gasteiger partial charge < -0.3 is 15.0 Å².